The third-order valence-corrected chi connectivity index (χ3v) is 6.61. The zero-order valence-electron chi connectivity index (χ0n) is 24.0. The summed E-state index contributed by atoms with van der Waals surface area (Å²) in [7, 11) is 0. The second-order valence-electron chi connectivity index (χ2n) is 10.3. The molecule has 5 amide bonds. The molecule has 0 bridgehead atoms. The molecule has 0 spiro atoms. The molecule has 42 heavy (non-hydrogen) atoms. The molecule has 12 heteroatoms. The van der Waals surface area contributed by atoms with Crippen molar-refractivity contribution < 1.29 is 33.9 Å². The van der Waals surface area contributed by atoms with Gasteiger partial charge in [0, 0.05) is 25.8 Å². The summed E-state index contributed by atoms with van der Waals surface area (Å²) in [6, 6.07) is 15.7. The Balaban J connectivity index is 2.20. The zero-order chi connectivity index (χ0) is 31.3. The van der Waals surface area contributed by atoms with Gasteiger partial charge >= 0.3 is 5.97 Å². The predicted molar refractivity (Wildman–Crippen MR) is 155 cm³/mol. The summed E-state index contributed by atoms with van der Waals surface area (Å²) in [4.78, 5) is 74.5. The van der Waals surface area contributed by atoms with E-state index in [4.69, 9.17) is 10.8 Å². The lowest BCUT2D eigenvalue weighted by Gasteiger charge is -2.32. The van der Waals surface area contributed by atoms with Crippen LogP contribution in [0.15, 0.2) is 60.7 Å². The number of primary amides is 1. The van der Waals surface area contributed by atoms with Crippen LogP contribution in [-0.2, 0) is 41.6 Å². The van der Waals surface area contributed by atoms with E-state index in [1.165, 1.54) is 6.92 Å². The molecule has 12 nitrogen and oxygen atoms in total. The van der Waals surface area contributed by atoms with Crippen LogP contribution in [0.25, 0.3) is 0 Å². The molecule has 0 aliphatic carbocycles. The maximum Gasteiger partial charge on any atom is 0.305 e. The molecule has 2 rings (SSSR count). The number of aliphatic carboxylic acids is 1. The molecule has 0 radical (unpaired) electrons. The number of carboxylic acid groups (broad SMARTS) is 1. The first-order valence-electron chi connectivity index (χ1n) is 13.6. The number of rotatable bonds is 16. The Labute approximate surface area is 244 Å². The monoisotopic (exact) mass is 581 g/mol. The molecule has 0 aromatic heterocycles. The maximum atomic E-state index is 13.7. The van der Waals surface area contributed by atoms with Crippen molar-refractivity contribution in [2.75, 3.05) is 6.54 Å². The highest BCUT2D eigenvalue weighted by molar-refractivity contribution is 5.95. The van der Waals surface area contributed by atoms with Crippen LogP contribution in [0.4, 0.5) is 0 Å². The number of amides is 5. The van der Waals surface area contributed by atoms with Gasteiger partial charge in [0.2, 0.25) is 29.5 Å². The minimum Gasteiger partial charge on any atom is -0.481 e. The quantitative estimate of drug-likeness (QED) is 0.165. The fourth-order valence-corrected chi connectivity index (χ4v) is 4.14. The lowest BCUT2D eigenvalue weighted by atomic mass is 9.90. The van der Waals surface area contributed by atoms with Crippen LogP contribution in [0.3, 0.4) is 0 Å². The van der Waals surface area contributed by atoms with Crippen molar-refractivity contribution in [2.24, 2.45) is 11.7 Å². The van der Waals surface area contributed by atoms with E-state index >= 15 is 0 Å². The molecule has 7 N–H and O–H groups in total. The van der Waals surface area contributed by atoms with Gasteiger partial charge in [-0.2, -0.15) is 0 Å². The predicted octanol–water partition coefficient (Wildman–Crippen LogP) is 0.439. The standard InChI is InChI=1S/C30H39N5O7/c1-4-24(36)35-30(3,17-21-13-9-6-10-14-21)29(42)34-23(15-20-11-7-5-8-12-20)28(41)32-18-19(2)27(40)33-22(26(31)39)16-25(37)38/h5-14,19,22-23H,4,15-18H2,1-3H3,(H2,31,39)(H,32,41)(H,33,40)(H,34,42)(H,35,36)(H,37,38)/t19-,22?,23-,30?/m0/s1. The second kappa shape index (κ2) is 15.9. The molecule has 0 saturated heterocycles. The van der Waals surface area contributed by atoms with Gasteiger partial charge in [0.1, 0.15) is 17.6 Å². The number of carbonyl (C=O) groups excluding carboxylic acids is 5. The lowest BCUT2D eigenvalue weighted by Crippen LogP contribution is -2.62. The first kappa shape index (κ1) is 33.5. The largest absolute Gasteiger partial charge is 0.481 e. The molecule has 2 aromatic carbocycles. The molecule has 0 fully saturated rings. The first-order valence-corrected chi connectivity index (χ1v) is 13.6. The Hall–Kier alpha value is -4.74. The van der Waals surface area contributed by atoms with E-state index < -0.39 is 59.6 Å². The Kier molecular flexibility index (Phi) is 12.7. The maximum absolute atomic E-state index is 13.7. The van der Waals surface area contributed by atoms with Crippen LogP contribution in [0.5, 0.6) is 0 Å². The number of hydrogen-bond acceptors (Lipinski definition) is 6. The highest BCUT2D eigenvalue weighted by Gasteiger charge is 2.37. The fourth-order valence-electron chi connectivity index (χ4n) is 4.14. The van der Waals surface area contributed by atoms with Crippen molar-refractivity contribution in [1.82, 2.24) is 21.3 Å². The van der Waals surface area contributed by atoms with E-state index in [1.807, 2.05) is 36.4 Å². The minimum absolute atomic E-state index is 0.129. The SMILES string of the molecule is CCC(=O)NC(C)(Cc1ccccc1)C(=O)N[C@@H](Cc1ccccc1)C(=O)NC[C@H](C)C(=O)NC(CC(=O)O)C(N)=O. The second-order valence-corrected chi connectivity index (χ2v) is 10.3. The van der Waals surface area contributed by atoms with Gasteiger partial charge in [-0.1, -0.05) is 74.5 Å². The molecule has 4 atom stereocenters. The summed E-state index contributed by atoms with van der Waals surface area (Å²) in [5.74, 6) is -5.31. The fraction of sp³-hybridized carbons (Fsp3) is 0.400. The van der Waals surface area contributed by atoms with Crippen molar-refractivity contribution in [2.45, 2.75) is 64.1 Å². The average Bonchev–Trinajstić information content (AvgIpc) is 2.95. The Bertz CT molecular complexity index is 1260. The highest BCUT2D eigenvalue weighted by atomic mass is 16.4. The van der Waals surface area contributed by atoms with E-state index in [0.717, 1.165) is 11.1 Å². The van der Waals surface area contributed by atoms with Crippen LogP contribution >= 0.6 is 0 Å². The van der Waals surface area contributed by atoms with Gasteiger partial charge in [0.05, 0.1) is 12.3 Å². The number of carboxylic acids is 1. The lowest BCUT2D eigenvalue weighted by molar-refractivity contribution is -0.140. The molecular formula is C30H39N5O7. The van der Waals surface area contributed by atoms with E-state index in [9.17, 15) is 28.8 Å². The number of nitrogens with one attached hydrogen (secondary N) is 4. The molecular weight excluding hydrogens is 542 g/mol. The number of carbonyl (C=O) groups is 6. The summed E-state index contributed by atoms with van der Waals surface area (Å²) in [6.45, 7) is 4.58. The number of nitrogens with two attached hydrogens (primary N) is 1. The number of benzene rings is 2. The first-order chi connectivity index (χ1) is 19.8. The van der Waals surface area contributed by atoms with Gasteiger partial charge in [0.15, 0.2) is 0 Å². The Morgan fingerprint density at radius 1 is 0.857 bits per heavy atom. The van der Waals surface area contributed by atoms with Gasteiger partial charge in [-0.25, -0.2) is 0 Å². The van der Waals surface area contributed by atoms with Crippen molar-refractivity contribution in [3.8, 4) is 0 Å². The number of hydrogen-bond donors (Lipinski definition) is 6. The zero-order valence-corrected chi connectivity index (χ0v) is 24.0. The van der Waals surface area contributed by atoms with Crippen molar-refractivity contribution >= 4 is 35.5 Å². The molecule has 0 aliphatic rings. The van der Waals surface area contributed by atoms with Gasteiger partial charge in [-0.05, 0) is 18.1 Å². The Morgan fingerprint density at radius 2 is 1.43 bits per heavy atom. The van der Waals surface area contributed by atoms with Crippen molar-refractivity contribution in [1.29, 1.82) is 0 Å². The highest BCUT2D eigenvalue weighted by Crippen LogP contribution is 2.16. The van der Waals surface area contributed by atoms with E-state index in [0.29, 0.717) is 0 Å². The van der Waals surface area contributed by atoms with Gasteiger partial charge < -0.3 is 32.1 Å². The van der Waals surface area contributed by atoms with Crippen LogP contribution in [-0.4, -0.2) is 64.8 Å². The van der Waals surface area contributed by atoms with Gasteiger partial charge in [-0.3, -0.25) is 28.8 Å². The van der Waals surface area contributed by atoms with Crippen LogP contribution in [0.1, 0.15) is 44.7 Å². The smallest absolute Gasteiger partial charge is 0.305 e. The van der Waals surface area contributed by atoms with E-state index in [2.05, 4.69) is 21.3 Å². The minimum atomic E-state index is -1.40. The summed E-state index contributed by atoms with van der Waals surface area (Å²) >= 11 is 0. The van der Waals surface area contributed by atoms with Crippen LogP contribution < -0.4 is 27.0 Å². The molecule has 226 valence electrons. The van der Waals surface area contributed by atoms with Gasteiger partial charge in [-0.15, -0.1) is 0 Å². The summed E-state index contributed by atoms with van der Waals surface area (Å²) in [5.41, 5.74) is 5.39. The molecule has 0 heterocycles. The van der Waals surface area contributed by atoms with E-state index in [-0.39, 0.29) is 31.7 Å². The molecule has 0 saturated carbocycles. The Morgan fingerprint density at radius 3 is 1.95 bits per heavy atom. The third kappa shape index (κ3) is 10.7. The van der Waals surface area contributed by atoms with Crippen molar-refractivity contribution in [3.05, 3.63) is 71.8 Å². The summed E-state index contributed by atoms with van der Waals surface area (Å²) in [6.07, 6.45) is -0.208. The normalized spacial score (nSPS) is 14.3. The third-order valence-electron chi connectivity index (χ3n) is 6.61. The molecule has 2 unspecified atom stereocenters. The molecule has 2 aromatic rings. The van der Waals surface area contributed by atoms with E-state index in [1.54, 1.807) is 38.1 Å². The van der Waals surface area contributed by atoms with Crippen LogP contribution in [0, 0.1) is 5.92 Å². The summed E-state index contributed by atoms with van der Waals surface area (Å²) < 4.78 is 0. The van der Waals surface area contributed by atoms with Gasteiger partial charge in [0.25, 0.3) is 0 Å². The van der Waals surface area contributed by atoms with Crippen LogP contribution in [0.2, 0.25) is 0 Å². The molecule has 0 aliphatic heterocycles. The van der Waals surface area contributed by atoms with Crippen molar-refractivity contribution in [3.63, 3.8) is 0 Å². The average molecular weight is 582 g/mol. The topological polar surface area (TPSA) is 197 Å². The summed E-state index contributed by atoms with van der Waals surface area (Å²) in [5, 5.41) is 19.5.